The Morgan fingerprint density at radius 3 is 2.59 bits per heavy atom. The molecule has 8 nitrogen and oxygen atoms in total. The topological polar surface area (TPSA) is 113 Å². The summed E-state index contributed by atoms with van der Waals surface area (Å²) in [5.41, 5.74) is 3.93. The molecule has 0 radical (unpaired) electrons. The molecule has 3 N–H and O–H groups in total. The molecule has 170 valence electrons. The molecule has 34 heavy (non-hydrogen) atoms. The van der Waals surface area contributed by atoms with Gasteiger partial charge in [-0.05, 0) is 55.0 Å². The van der Waals surface area contributed by atoms with E-state index < -0.39 is 17.7 Å². The number of H-pyrrole nitrogens is 2. The van der Waals surface area contributed by atoms with Gasteiger partial charge >= 0.3 is 5.97 Å². The number of aromatic amines is 2. The molecular weight excluding hydrogens is 461 g/mol. The van der Waals surface area contributed by atoms with Crippen molar-refractivity contribution >= 4 is 51.5 Å². The first-order valence-electron chi connectivity index (χ1n) is 10.2. The lowest BCUT2D eigenvalue weighted by Gasteiger charge is -2.04. The molecule has 0 spiro atoms. The fourth-order valence-electron chi connectivity index (χ4n) is 3.76. The number of imidazole rings is 2. The van der Waals surface area contributed by atoms with Gasteiger partial charge in [0.05, 0.1) is 45.3 Å². The molecule has 5 aromatic rings. The second kappa shape index (κ2) is 8.27. The molecule has 0 unspecified atom stereocenters. The van der Waals surface area contributed by atoms with Crippen LogP contribution in [0.1, 0.15) is 26.3 Å². The summed E-state index contributed by atoms with van der Waals surface area (Å²) < 4.78 is 19.1. The standard InChI is InChI=1S/C24H17ClFN5O3/c1-11-8-13(10-18-20(11)30-21(27-18)19-14(25)4-3-5-15(19)26)22(32)31-24-28-16-7-6-12(23(33)34-2)9-17(16)29-24/h3-10H,1-2H3,(H,27,30)(H2,28,29,31,32). The van der Waals surface area contributed by atoms with Crippen molar-refractivity contribution < 1.29 is 18.7 Å². The van der Waals surface area contributed by atoms with Gasteiger partial charge < -0.3 is 14.7 Å². The van der Waals surface area contributed by atoms with E-state index in [1.165, 1.54) is 19.2 Å². The fraction of sp³-hybridized carbons (Fsp3) is 0.0833. The van der Waals surface area contributed by atoms with Crippen LogP contribution >= 0.6 is 11.6 Å². The molecule has 0 fully saturated rings. The van der Waals surface area contributed by atoms with Crippen LogP contribution in [0.4, 0.5) is 10.3 Å². The molecule has 2 aromatic heterocycles. The number of ether oxygens (including phenoxy) is 1. The maximum atomic E-state index is 14.3. The van der Waals surface area contributed by atoms with Crippen molar-refractivity contribution in [1.29, 1.82) is 0 Å². The molecular formula is C24H17ClFN5O3. The number of carbonyl (C=O) groups is 2. The highest BCUT2D eigenvalue weighted by atomic mass is 35.5. The zero-order valence-corrected chi connectivity index (χ0v) is 18.7. The molecule has 1 amide bonds. The number of aromatic nitrogens is 4. The summed E-state index contributed by atoms with van der Waals surface area (Å²) in [6.07, 6.45) is 0. The van der Waals surface area contributed by atoms with Crippen LogP contribution < -0.4 is 5.32 Å². The lowest BCUT2D eigenvalue weighted by molar-refractivity contribution is 0.0600. The number of rotatable bonds is 4. The van der Waals surface area contributed by atoms with Crippen LogP contribution in [0.15, 0.2) is 48.5 Å². The maximum absolute atomic E-state index is 14.3. The molecule has 0 aliphatic heterocycles. The number of nitrogens with one attached hydrogen (secondary N) is 3. The normalized spacial score (nSPS) is 11.2. The largest absolute Gasteiger partial charge is 0.465 e. The number of halogens is 2. The van der Waals surface area contributed by atoms with Crippen LogP contribution in [0.5, 0.6) is 0 Å². The quantitative estimate of drug-likeness (QED) is 0.306. The van der Waals surface area contributed by atoms with E-state index in [2.05, 4.69) is 25.3 Å². The number of anilines is 1. The minimum atomic E-state index is -0.498. The number of amides is 1. The monoisotopic (exact) mass is 477 g/mol. The predicted octanol–water partition coefficient (Wildman–Crippen LogP) is 5.25. The van der Waals surface area contributed by atoms with E-state index in [1.807, 2.05) is 6.92 Å². The van der Waals surface area contributed by atoms with Crippen molar-refractivity contribution in [2.75, 3.05) is 12.4 Å². The second-order valence-electron chi connectivity index (χ2n) is 7.63. The lowest BCUT2D eigenvalue weighted by Crippen LogP contribution is -2.13. The van der Waals surface area contributed by atoms with Crippen LogP contribution in [0, 0.1) is 12.7 Å². The van der Waals surface area contributed by atoms with Gasteiger partial charge in [-0.1, -0.05) is 17.7 Å². The van der Waals surface area contributed by atoms with Crippen molar-refractivity contribution in [3.63, 3.8) is 0 Å². The Labute approximate surface area is 197 Å². The Kier molecular flexibility index (Phi) is 5.25. The van der Waals surface area contributed by atoms with Crippen molar-refractivity contribution in [1.82, 2.24) is 19.9 Å². The highest BCUT2D eigenvalue weighted by Gasteiger charge is 2.18. The number of hydrogen-bond acceptors (Lipinski definition) is 5. The highest BCUT2D eigenvalue weighted by Crippen LogP contribution is 2.31. The van der Waals surface area contributed by atoms with Gasteiger partial charge in [-0.15, -0.1) is 0 Å². The summed E-state index contributed by atoms with van der Waals surface area (Å²) in [4.78, 5) is 39.5. The Morgan fingerprint density at radius 2 is 1.82 bits per heavy atom. The number of esters is 1. The molecule has 0 bridgehead atoms. The van der Waals surface area contributed by atoms with E-state index in [1.54, 1.807) is 36.4 Å². The zero-order valence-electron chi connectivity index (χ0n) is 18.0. The highest BCUT2D eigenvalue weighted by molar-refractivity contribution is 6.33. The Hall–Kier alpha value is -4.24. The maximum Gasteiger partial charge on any atom is 0.337 e. The third kappa shape index (κ3) is 3.75. The molecule has 0 saturated carbocycles. The minimum absolute atomic E-state index is 0.166. The lowest BCUT2D eigenvalue weighted by atomic mass is 10.1. The van der Waals surface area contributed by atoms with Gasteiger partial charge in [0.2, 0.25) is 5.95 Å². The van der Waals surface area contributed by atoms with Crippen LogP contribution in [-0.4, -0.2) is 38.9 Å². The molecule has 0 atom stereocenters. The summed E-state index contributed by atoms with van der Waals surface area (Å²) in [6.45, 7) is 1.81. The summed E-state index contributed by atoms with van der Waals surface area (Å²) in [5, 5.41) is 2.95. The SMILES string of the molecule is COC(=O)c1ccc2nc(NC(=O)c3cc(C)c4nc(-c5c(F)cccc5Cl)[nH]c4c3)[nH]c2c1. The minimum Gasteiger partial charge on any atom is -0.465 e. The third-order valence-electron chi connectivity index (χ3n) is 5.37. The fourth-order valence-corrected chi connectivity index (χ4v) is 4.01. The zero-order chi connectivity index (χ0) is 24.0. The Bertz CT molecular complexity index is 1590. The van der Waals surface area contributed by atoms with Gasteiger partial charge in [0, 0.05) is 5.56 Å². The van der Waals surface area contributed by atoms with Gasteiger partial charge in [0.15, 0.2) is 0 Å². The molecule has 5 rings (SSSR count). The molecule has 3 aromatic carbocycles. The smallest absolute Gasteiger partial charge is 0.337 e. The first-order valence-corrected chi connectivity index (χ1v) is 10.6. The van der Waals surface area contributed by atoms with Crippen LogP contribution in [-0.2, 0) is 4.74 Å². The van der Waals surface area contributed by atoms with E-state index >= 15 is 0 Å². The van der Waals surface area contributed by atoms with E-state index in [0.29, 0.717) is 33.2 Å². The number of carbonyl (C=O) groups excluding carboxylic acids is 2. The van der Waals surface area contributed by atoms with Gasteiger partial charge in [-0.3, -0.25) is 10.1 Å². The summed E-state index contributed by atoms with van der Waals surface area (Å²) in [5.74, 6) is -0.873. The van der Waals surface area contributed by atoms with Crippen molar-refractivity contribution in [2.24, 2.45) is 0 Å². The van der Waals surface area contributed by atoms with Crippen LogP contribution in [0.2, 0.25) is 5.02 Å². The average molecular weight is 478 g/mol. The number of nitrogens with zero attached hydrogens (tertiary/aromatic N) is 2. The third-order valence-corrected chi connectivity index (χ3v) is 5.69. The van der Waals surface area contributed by atoms with Gasteiger partial charge in [0.1, 0.15) is 11.6 Å². The van der Waals surface area contributed by atoms with Gasteiger partial charge in [-0.2, -0.15) is 0 Å². The van der Waals surface area contributed by atoms with Crippen LogP contribution in [0.3, 0.4) is 0 Å². The van der Waals surface area contributed by atoms with E-state index in [4.69, 9.17) is 16.3 Å². The number of hydrogen-bond donors (Lipinski definition) is 3. The number of fused-ring (bicyclic) bond motifs is 2. The first-order chi connectivity index (χ1) is 16.3. The Morgan fingerprint density at radius 1 is 1.03 bits per heavy atom. The van der Waals surface area contributed by atoms with Crippen molar-refractivity contribution in [2.45, 2.75) is 6.92 Å². The second-order valence-corrected chi connectivity index (χ2v) is 8.04. The molecule has 10 heteroatoms. The van der Waals surface area contributed by atoms with Crippen molar-refractivity contribution in [3.8, 4) is 11.4 Å². The van der Waals surface area contributed by atoms with Crippen molar-refractivity contribution in [3.05, 3.63) is 76.1 Å². The Balaban J connectivity index is 1.46. The summed E-state index contributed by atoms with van der Waals surface area (Å²) in [6, 6.07) is 12.6. The van der Waals surface area contributed by atoms with Gasteiger partial charge in [-0.25, -0.2) is 19.2 Å². The molecule has 0 aliphatic rings. The van der Waals surface area contributed by atoms with E-state index in [-0.39, 0.29) is 22.4 Å². The summed E-state index contributed by atoms with van der Waals surface area (Å²) in [7, 11) is 1.30. The van der Waals surface area contributed by atoms with Crippen LogP contribution in [0.25, 0.3) is 33.5 Å². The summed E-state index contributed by atoms with van der Waals surface area (Å²) >= 11 is 6.17. The predicted molar refractivity (Wildman–Crippen MR) is 127 cm³/mol. The number of aryl methyl sites for hydroxylation is 1. The number of methoxy groups -OCH3 is 1. The molecule has 2 heterocycles. The first kappa shape index (κ1) is 21.6. The molecule has 0 aliphatic carbocycles. The van der Waals surface area contributed by atoms with E-state index in [9.17, 15) is 14.0 Å². The molecule has 0 saturated heterocycles. The average Bonchev–Trinajstić information content (AvgIpc) is 3.41. The number of benzene rings is 3. The van der Waals surface area contributed by atoms with Gasteiger partial charge in [0.25, 0.3) is 5.91 Å². The van der Waals surface area contributed by atoms with E-state index in [0.717, 1.165) is 5.56 Å².